The Kier molecular flexibility index (Phi) is 4.16. The van der Waals surface area contributed by atoms with Crippen LogP contribution in [0.15, 0.2) is 51.7 Å². The SMILES string of the molecule is CC(NC(=O)c1cccc(=O)[nH]1)c1ccc(Br)cc1. The second-order valence-electron chi connectivity index (χ2n) is 4.18. The highest BCUT2D eigenvalue weighted by atomic mass is 79.9. The maximum atomic E-state index is 12.0. The minimum atomic E-state index is -0.298. The number of carbonyl (C=O) groups is 1. The normalized spacial score (nSPS) is 11.9. The zero-order chi connectivity index (χ0) is 13.8. The fourth-order valence-electron chi connectivity index (χ4n) is 1.69. The Morgan fingerprint density at radius 2 is 1.89 bits per heavy atom. The van der Waals surface area contributed by atoms with Crippen molar-refractivity contribution in [3.63, 3.8) is 0 Å². The van der Waals surface area contributed by atoms with Gasteiger partial charge in [-0.1, -0.05) is 34.1 Å². The van der Waals surface area contributed by atoms with Crippen molar-refractivity contribution in [1.29, 1.82) is 0 Å². The Balaban J connectivity index is 2.10. The van der Waals surface area contributed by atoms with Gasteiger partial charge in [-0.05, 0) is 30.7 Å². The molecule has 0 radical (unpaired) electrons. The molecule has 0 spiro atoms. The first-order chi connectivity index (χ1) is 9.06. The molecule has 1 aromatic heterocycles. The van der Waals surface area contributed by atoms with E-state index in [-0.39, 0.29) is 23.2 Å². The van der Waals surface area contributed by atoms with Gasteiger partial charge < -0.3 is 10.3 Å². The van der Waals surface area contributed by atoms with Crippen LogP contribution in [0.25, 0.3) is 0 Å². The fraction of sp³-hybridized carbons (Fsp3) is 0.143. The fourth-order valence-corrected chi connectivity index (χ4v) is 1.95. The summed E-state index contributed by atoms with van der Waals surface area (Å²) < 4.78 is 0.988. The molecular formula is C14H13BrN2O2. The first kappa shape index (κ1) is 13.5. The van der Waals surface area contributed by atoms with E-state index in [1.165, 1.54) is 6.07 Å². The van der Waals surface area contributed by atoms with E-state index in [1.807, 2.05) is 31.2 Å². The summed E-state index contributed by atoms with van der Waals surface area (Å²) >= 11 is 3.36. The van der Waals surface area contributed by atoms with Gasteiger partial charge >= 0.3 is 0 Å². The molecule has 0 bridgehead atoms. The molecule has 0 fully saturated rings. The van der Waals surface area contributed by atoms with Gasteiger partial charge in [0.15, 0.2) is 0 Å². The molecule has 98 valence electrons. The van der Waals surface area contributed by atoms with Crippen LogP contribution in [0.4, 0.5) is 0 Å². The van der Waals surface area contributed by atoms with Gasteiger partial charge in [-0.2, -0.15) is 0 Å². The predicted molar refractivity (Wildman–Crippen MR) is 77.1 cm³/mol. The van der Waals surface area contributed by atoms with Crippen LogP contribution in [0.1, 0.15) is 29.0 Å². The quantitative estimate of drug-likeness (QED) is 0.913. The largest absolute Gasteiger partial charge is 0.344 e. The summed E-state index contributed by atoms with van der Waals surface area (Å²) in [6, 6.07) is 12.1. The average Bonchev–Trinajstić information content (AvgIpc) is 2.39. The summed E-state index contributed by atoms with van der Waals surface area (Å²) in [5, 5.41) is 2.83. The van der Waals surface area contributed by atoms with Crippen molar-refractivity contribution >= 4 is 21.8 Å². The molecule has 1 heterocycles. The van der Waals surface area contributed by atoms with Gasteiger partial charge in [0, 0.05) is 10.5 Å². The highest BCUT2D eigenvalue weighted by molar-refractivity contribution is 9.10. The van der Waals surface area contributed by atoms with Crippen LogP contribution in [0.5, 0.6) is 0 Å². The minimum absolute atomic E-state index is 0.135. The molecule has 2 N–H and O–H groups in total. The lowest BCUT2D eigenvalue weighted by Gasteiger charge is -2.14. The Labute approximate surface area is 119 Å². The third kappa shape index (κ3) is 3.54. The second-order valence-corrected chi connectivity index (χ2v) is 5.09. The average molecular weight is 321 g/mol. The lowest BCUT2D eigenvalue weighted by Crippen LogP contribution is -2.28. The van der Waals surface area contributed by atoms with E-state index in [4.69, 9.17) is 0 Å². The van der Waals surface area contributed by atoms with Crippen LogP contribution >= 0.6 is 15.9 Å². The summed E-state index contributed by atoms with van der Waals surface area (Å²) in [6.45, 7) is 1.89. The summed E-state index contributed by atoms with van der Waals surface area (Å²) in [4.78, 5) is 25.6. The van der Waals surface area contributed by atoms with Crippen molar-refractivity contribution in [2.24, 2.45) is 0 Å². The lowest BCUT2D eigenvalue weighted by molar-refractivity contribution is 0.0934. The molecule has 0 aliphatic carbocycles. The van der Waals surface area contributed by atoms with Gasteiger partial charge in [-0.3, -0.25) is 9.59 Å². The van der Waals surface area contributed by atoms with Gasteiger partial charge in [0.05, 0.1) is 6.04 Å². The Bertz CT molecular complexity index is 634. The minimum Gasteiger partial charge on any atom is -0.344 e. The molecule has 1 unspecified atom stereocenters. The second kappa shape index (κ2) is 5.84. The smallest absolute Gasteiger partial charge is 0.268 e. The van der Waals surface area contributed by atoms with Crippen molar-refractivity contribution in [3.05, 3.63) is 68.5 Å². The molecule has 0 aliphatic heterocycles. The van der Waals surface area contributed by atoms with Crippen LogP contribution in [0.3, 0.4) is 0 Å². The molecule has 2 rings (SSSR count). The molecule has 1 aromatic carbocycles. The van der Waals surface area contributed by atoms with E-state index < -0.39 is 0 Å². The standard InChI is InChI=1S/C14H13BrN2O2/c1-9(10-5-7-11(15)8-6-10)16-14(19)12-3-2-4-13(18)17-12/h2-9H,1H3,(H,16,19)(H,17,18). The molecule has 4 nitrogen and oxygen atoms in total. The Morgan fingerprint density at radius 1 is 1.21 bits per heavy atom. The van der Waals surface area contributed by atoms with E-state index in [0.29, 0.717) is 0 Å². The third-order valence-electron chi connectivity index (χ3n) is 2.73. The monoisotopic (exact) mass is 320 g/mol. The van der Waals surface area contributed by atoms with Crippen molar-refractivity contribution in [3.8, 4) is 0 Å². The van der Waals surface area contributed by atoms with Crippen LogP contribution in [-0.4, -0.2) is 10.9 Å². The van der Waals surface area contributed by atoms with Crippen molar-refractivity contribution in [1.82, 2.24) is 10.3 Å². The van der Waals surface area contributed by atoms with Gasteiger partial charge in [0.2, 0.25) is 5.56 Å². The molecule has 0 saturated heterocycles. The van der Waals surface area contributed by atoms with E-state index >= 15 is 0 Å². The number of aromatic nitrogens is 1. The predicted octanol–water partition coefficient (Wildman–Crippen LogP) is 2.63. The number of aromatic amines is 1. The maximum Gasteiger partial charge on any atom is 0.268 e. The van der Waals surface area contributed by atoms with Crippen molar-refractivity contribution < 1.29 is 4.79 Å². The number of amides is 1. The number of H-pyrrole nitrogens is 1. The number of halogens is 1. The number of nitrogens with one attached hydrogen (secondary N) is 2. The first-order valence-electron chi connectivity index (χ1n) is 5.82. The highest BCUT2D eigenvalue weighted by Crippen LogP contribution is 2.16. The number of carbonyl (C=O) groups excluding carboxylic acids is 1. The highest BCUT2D eigenvalue weighted by Gasteiger charge is 2.11. The summed E-state index contributed by atoms with van der Waals surface area (Å²) in [5.41, 5.74) is 0.968. The summed E-state index contributed by atoms with van der Waals surface area (Å²) in [6.07, 6.45) is 0. The van der Waals surface area contributed by atoms with E-state index in [1.54, 1.807) is 12.1 Å². The zero-order valence-electron chi connectivity index (χ0n) is 10.3. The number of benzene rings is 1. The Morgan fingerprint density at radius 3 is 2.53 bits per heavy atom. The van der Waals surface area contributed by atoms with Crippen LogP contribution in [-0.2, 0) is 0 Å². The van der Waals surface area contributed by atoms with Gasteiger partial charge in [0.25, 0.3) is 5.91 Å². The molecule has 5 heteroatoms. The van der Waals surface area contributed by atoms with E-state index in [0.717, 1.165) is 10.0 Å². The zero-order valence-corrected chi connectivity index (χ0v) is 11.9. The summed E-state index contributed by atoms with van der Waals surface area (Å²) in [5.74, 6) is -0.298. The number of hydrogen-bond donors (Lipinski definition) is 2. The third-order valence-corrected chi connectivity index (χ3v) is 3.26. The molecule has 1 amide bonds. The molecule has 2 aromatic rings. The molecular weight excluding hydrogens is 308 g/mol. The number of rotatable bonds is 3. The van der Waals surface area contributed by atoms with Gasteiger partial charge in [-0.25, -0.2) is 0 Å². The number of pyridine rings is 1. The van der Waals surface area contributed by atoms with Crippen LogP contribution < -0.4 is 10.9 Å². The molecule has 19 heavy (non-hydrogen) atoms. The number of hydrogen-bond acceptors (Lipinski definition) is 2. The van der Waals surface area contributed by atoms with E-state index in [2.05, 4.69) is 26.2 Å². The molecule has 0 aliphatic rings. The molecule has 1 atom stereocenters. The topological polar surface area (TPSA) is 62.0 Å². The first-order valence-corrected chi connectivity index (χ1v) is 6.61. The van der Waals surface area contributed by atoms with Gasteiger partial charge in [-0.15, -0.1) is 0 Å². The van der Waals surface area contributed by atoms with Gasteiger partial charge in [0.1, 0.15) is 5.69 Å². The van der Waals surface area contributed by atoms with Crippen LogP contribution in [0.2, 0.25) is 0 Å². The lowest BCUT2D eigenvalue weighted by atomic mass is 10.1. The molecule has 0 saturated carbocycles. The van der Waals surface area contributed by atoms with Crippen molar-refractivity contribution in [2.45, 2.75) is 13.0 Å². The Hall–Kier alpha value is -1.88. The summed E-state index contributed by atoms with van der Waals surface area (Å²) in [7, 11) is 0. The maximum absolute atomic E-state index is 12.0. The van der Waals surface area contributed by atoms with Crippen LogP contribution in [0, 0.1) is 0 Å². The van der Waals surface area contributed by atoms with Crippen molar-refractivity contribution in [2.75, 3.05) is 0 Å². The van der Waals surface area contributed by atoms with E-state index in [9.17, 15) is 9.59 Å².